The number of carbonyl (C=O) groups excluding carboxylic acids is 1. The summed E-state index contributed by atoms with van der Waals surface area (Å²) in [5.74, 6) is 0.971. The molecule has 0 saturated carbocycles. The second-order valence-corrected chi connectivity index (χ2v) is 4.37. The van der Waals surface area contributed by atoms with E-state index in [0.717, 1.165) is 6.42 Å². The van der Waals surface area contributed by atoms with Crippen molar-refractivity contribution < 1.29 is 9.53 Å². The summed E-state index contributed by atoms with van der Waals surface area (Å²) < 4.78 is 5.38. The van der Waals surface area contributed by atoms with Gasteiger partial charge in [-0.15, -0.1) is 0 Å². The molecular weight excluding hydrogens is 246 g/mol. The van der Waals surface area contributed by atoms with E-state index in [2.05, 4.69) is 15.3 Å². The van der Waals surface area contributed by atoms with E-state index >= 15 is 0 Å². The number of nitrogen functional groups attached to an aromatic ring is 1. The normalized spacial score (nSPS) is 19.2. The number of carbonyl (C=O) groups is 1. The molecule has 1 unspecified atom stereocenters. The zero-order valence-corrected chi connectivity index (χ0v) is 11.0. The molecule has 2 rings (SSSR count). The molecule has 1 aliphatic rings. The van der Waals surface area contributed by atoms with Gasteiger partial charge in [0.2, 0.25) is 5.91 Å². The maximum Gasteiger partial charge on any atom is 0.245 e. The third-order valence-corrected chi connectivity index (χ3v) is 2.93. The lowest BCUT2D eigenvalue weighted by Crippen LogP contribution is -2.54. The van der Waals surface area contributed by atoms with E-state index in [0.29, 0.717) is 37.9 Å². The minimum Gasteiger partial charge on any atom is -0.382 e. The molecule has 1 aliphatic heterocycles. The number of hydrogen-bond acceptors (Lipinski definition) is 6. The molecule has 0 aromatic carbocycles. The van der Waals surface area contributed by atoms with Crippen LogP contribution in [0.2, 0.25) is 0 Å². The van der Waals surface area contributed by atoms with Crippen molar-refractivity contribution in [3.63, 3.8) is 0 Å². The molecule has 7 nitrogen and oxygen atoms in total. The number of rotatable bonds is 4. The number of aromatic nitrogens is 2. The highest BCUT2D eigenvalue weighted by atomic mass is 16.5. The number of morpholine rings is 1. The monoisotopic (exact) mass is 265 g/mol. The summed E-state index contributed by atoms with van der Waals surface area (Å²) in [6, 6.07) is -0.363. The Labute approximate surface area is 112 Å². The van der Waals surface area contributed by atoms with E-state index in [9.17, 15) is 4.79 Å². The van der Waals surface area contributed by atoms with Crippen LogP contribution in [0.1, 0.15) is 13.3 Å². The van der Waals surface area contributed by atoms with Gasteiger partial charge in [0, 0.05) is 13.1 Å². The number of amides is 1. The van der Waals surface area contributed by atoms with Crippen molar-refractivity contribution in [2.45, 2.75) is 19.4 Å². The number of nitrogens with one attached hydrogen (secondary N) is 1. The number of hydrogen-bond donors (Lipinski definition) is 2. The van der Waals surface area contributed by atoms with Crippen LogP contribution in [-0.2, 0) is 9.53 Å². The van der Waals surface area contributed by atoms with E-state index in [4.69, 9.17) is 10.5 Å². The highest BCUT2D eigenvalue weighted by molar-refractivity contribution is 5.85. The van der Waals surface area contributed by atoms with Crippen LogP contribution in [0.3, 0.4) is 0 Å². The molecule has 7 heteroatoms. The van der Waals surface area contributed by atoms with Crippen LogP contribution in [0.5, 0.6) is 0 Å². The predicted octanol–water partition coefficient (Wildman–Crippen LogP) is -0.210. The van der Waals surface area contributed by atoms with Gasteiger partial charge in [0.05, 0.1) is 25.6 Å². The molecule has 19 heavy (non-hydrogen) atoms. The molecule has 1 amide bonds. The molecule has 1 atom stereocenters. The fourth-order valence-electron chi connectivity index (χ4n) is 1.94. The summed E-state index contributed by atoms with van der Waals surface area (Å²) in [6.45, 7) is 4.23. The topological polar surface area (TPSA) is 93.4 Å². The van der Waals surface area contributed by atoms with Gasteiger partial charge in [0.1, 0.15) is 17.7 Å². The summed E-state index contributed by atoms with van der Waals surface area (Å²) in [5, 5.41) is 2.88. The van der Waals surface area contributed by atoms with Crippen molar-refractivity contribution in [3.8, 4) is 0 Å². The van der Waals surface area contributed by atoms with E-state index in [-0.39, 0.29) is 11.9 Å². The zero-order chi connectivity index (χ0) is 13.7. The van der Waals surface area contributed by atoms with Crippen molar-refractivity contribution in [2.24, 2.45) is 0 Å². The third kappa shape index (κ3) is 3.31. The molecular formula is C12H19N5O2. The van der Waals surface area contributed by atoms with Crippen molar-refractivity contribution in [1.29, 1.82) is 0 Å². The third-order valence-electron chi connectivity index (χ3n) is 2.93. The molecule has 1 aromatic rings. The largest absolute Gasteiger partial charge is 0.382 e. The minimum absolute atomic E-state index is 0.0415. The summed E-state index contributed by atoms with van der Waals surface area (Å²) in [6.07, 6.45) is 3.98. The van der Waals surface area contributed by atoms with Gasteiger partial charge in [-0.2, -0.15) is 0 Å². The Bertz CT molecular complexity index is 423. The standard InChI is InChI=1S/C12H19N5O2/c1-2-3-14-12(18)9-8-19-5-4-17(9)11-7-15-10(13)6-16-11/h6-7,9H,2-5,8H2,1H3,(H2,13,15)(H,14,18). The van der Waals surface area contributed by atoms with Crippen molar-refractivity contribution >= 4 is 17.5 Å². The molecule has 1 fully saturated rings. The molecule has 1 saturated heterocycles. The Morgan fingerprint density at radius 2 is 2.42 bits per heavy atom. The SMILES string of the molecule is CCCNC(=O)C1COCCN1c1cnc(N)cn1. The number of nitrogens with two attached hydrogens (primary N) is 1. The highest BCUT2D eigenvalue weighted by Gasteiger charge is 2.30. The Morgan fingerprint density at radius 3 is 3.11 bits per heavy atom. The van der Waals surface area contributed by atoms with Crippen LogP contribution < -0.4 is 16.0 Å². The van der Waals surface area contributed by atoms with Crippen LogP contribution in [-0.4, -0.2) is 48.2 Å². The lowest BCUT2D eigenvalue weighted by atomic mass is 10.2. The van der Waals surface area contributed by atoms with Crippen LogP contribution in [0, 0.1) is 0 Å². The molecule has 0 radical (unpaired) electrons. The Kier molecular flexibility index (Phi) is 4.51. The molecule has 2 heterocycles. The van der Waals surface area contributed by atoms with Gasteiger partial charge in [0.15, 0.2) is 0 Å². The molecule has 0 aliphatic carbocycles. The van der Waals surface area contributed by atoms with E-state index < -0.39 is 0 Å². The molecule has 1 aromatic heterocycles. The van der Waals surface area contributed by atoms with Crippen molar-refractivity contribution in [2.75, 3.05) is 36.9 Å². The minimum atomic E-state index is -0.363. The summed E-state index contributed by atoms with van der Waals surface area (Å²) in [5.41, 5.74) is 5.52. The first-order valence-corrected chi connectivity index (χ1v) is 6.42. The van der Waals surface area contributed by atoms with Crippen LogP contribution in [0.25, 0.3) is 0 Å². The average Bonchev–Trinajstić information content (AvgIpc) is 2.45. The fourth-order valence-corrected chi connectivity index (χ4v) is 1.94. The molecule has 104 valence electrons. The maximum absolute atomic E-state index is 12.1. The molecule has 3 N–H and O–H groups in total. The first kappa shape index (κ1) is 13.5. The number of anilines is 2. The predicted molar refractivity (Wildman–Crippen MR) is 71.7 cm³/mol. The summed E-state index contributed by atoms with van der Waals surface area (Å²) >= 11 is 0. The van der Waals surface area contributed by atoms with Gasteiger partial charge < -0.3 is 20.7 Å². The fraction of sp³-hybridized carbons (Fsp3) is 0.583. The smallest absolute Gasteiger partial charge is 0.245 e. The lowest BCUT2D eigenvalue weighted by molar-refractivity contribution is -0.124. The second-order valence-electron chi connectivity index (χ2n) is 4.37. The molecule has 0 spiro atoms. The van der Waals surface area contributed by atoms with Crippen LogP contribution in [0.15, 0.2) is 12.4 Å². The van der Waals surface area contributed by atoms with Gasteiger partial charge in [0.25, 0.3) is 0 Å². The first-order valence-electron chi connectivity index (χ1n) is 6.42. The van der Waals surface area contributed by atoms with Gasteiger partial charge in [-0.3, -0.25) is 4.79 Å². The number of nitrogens with zero attached hydrogens (tertiary/aromatic N) is 3. The quantitative estimate of drug-likeness (QED) is 0.782. The van der Waals surface area contributed by atoms with Crippen molar-refractivity contribution in [3.05, 3.63) is 12.4 Å². The number of ether oxygens (including phenoxy) is 1. The Balaban J connectivity index is 2.11. The summed E-state index contributed by atoms with van der Waals surface area (Å²) in [4.78, 5) is 22.2. The van der Waals surface area contributed by atoms with E-state index in [1.165, 1.54) is 6.20 Å². The van der Waals surface area contributed by atoms with Gasteiger partial charge in [-0.25, -0.2) is 9.97 Å². The Hall–Kier alpha value is -1.89. The van der Waals surface area contributed by atoms with E-state index in [1.807, 2.05) is 11.8 Å². The van der Waals surface area contributed by atoms with Gasteiger partial charge in [-0.1, -0.05) is 6.92 Å². The second kappa shape index (κ2) is 6.33. The van der Waals surface area contributed by atoms with Gasteiger partial charge >= 0.3 is 0 Å². The van der Waals surface area contributed by atoms with E-state index in [1.54, 1.807) is 6.20 Å². The van der Waals surface area contributed by atoms with Crippen LogP contribution in [0.4, 0.5) is 11.6 Å². The summed E-state index contributed by atoms with van der Waals surface area (Å²) in [7, 11) is 0. The Morgan fingerprint density at radius 1 is 1.58 bits per heavy atom. The van der Waals surface area contributed by atoms with Crippen molar-refractivity contribution in [1.82, 2.24) is 15.3 Å². The average molecular weight is 265 g/mol. The maximum atomic E-state index is 12.1. The van der Waals surface area contributed by atoms with Crippen LogP contribution >= 0.6 is 0 Å². The highest BCUT2D eigenvalue weighted by Crippen LogP contribution is 2.16. The first-order chi connectivity index (χ1) is 9.22. The lowest BCUT2D eigenvalue weighted by Gasteiger charge is -2.35. The zero-order valence-electron chi connectivity index (χ0n) is 11.0. The molecule has 0 bridgehead atoms. The van der Waals surface area contributed by atoms with Gasteiger partial charge in [-0.05, 0) is 6.42 Å².